The number of amides is 2. The summed E-state index contributed by atoms with van der Waals surface area (Å²) in [7, 11) is 1.54. The third-order valence-electron chi connectivity index (χ3n) is 5.32. The molecule has 0 radical (unpaired) electrons. The topological polar surface area (TPSA) is 91.3 Å². The van der Waals surface area contributed by atoms with Crippen LogP contribution in [0, 0.1) is 11.7 Å². The zero-order valence-electron chi connectivity index (χ0n) is 18.8. The summed E-state index contributed by atoms with van der Waals surface area (Å²) in [5.74, 6) is -1.30. The van der Waals surface area contributed by atoms with Crippen molar-refractivity contribution in [3.05, 3.63) is 35.6 Å². The molecule has 0 aliphatic carbocycles. The minimum absolute atomic E-state index is 0.313. The van der Waals surface area contributed by atoms with Gasteiger partial charge >= 0.3 is 6.09 Å². The molecule has 1 aromatic carbocycles. The maximum absolute atomic E-state index is 13.2. The van der Waals surface area contributed by atoms with Gasteiger partial charge in [0.25, 0.3) is 0 Å². The Balaban J connectivity index is 1.89. The van der Waals surface area contributed by atoms with Crippen molar-refractivity contribution in [3.63, 3.8) is 0 Å². The van der Waals surface area contributed by atoms with E-state index in [0.717, 1.165) is 5.56 Å². The summed E-state index contributed by atoms with van der Waals surface area (Å²) in [6.07, 6.45) is 0.158. The quantitative estimate of drug-likeness (QED) is 0.478. The maximum atomic E-state index is 13.2. The van der Waals surface area contributed by atoms with Gasteiger partial charge in [-0.25, -0.2) is 14.7 Å². The number of nitrogens with one attached hydrogen (secondary N) is 1. The van der Waals surface area contributed by atoms with Crippen LogP contribution in [0.3, 0.4) is 0 Å². The molecule has 9 heteroatoms. The van der Waals surface area contributed by atoms with E-state index in [1.165, 1.54) is 19.2 Å². The van der Waals surface area contributed by atoms with E-state index in [9.17, 15) is 14.0 Å². The first kappa shape index (κ1) is 25.0. The minimum Gasteiger partial charge on any atom is -0.444 e. The number of carbonyl (C=O) groups is 2. The van der Waals surface area contributed by atoms with Crippen LogP contribution in [0.15, 0.2) is 24.3 Å². The molecule has 1 aliphatic heterocycles. The van der Waals surface area contributed by atoms with Crippen molar-refractivity contribution >= 4 is 12.0 Å². The van der Waals surface area contributed by atoms with Gasteiger partial charge in [-0.1, -0.05) is 12.1 Å². The molecule has 2 atom stereocenters. The van der Waals surface area contributed by atoms with Gasteiger partial charge in [-0.3, -0.25) is 14.9 Å². The Kier molecular flexibility index (Phi) is 9.21. The SMILES string of the molecule is COC(CC(CCN1CCN(C(=O)OC(C)(C)C)CC1)C(=O)NO)c1ccc(F)cc1. The van der Waals surface area contributed by atoms with E-state index in [1.807, 2.05) is 20.8 Å². The van der Waals surface area contributed by atoms with E-state index >= 15 is 0 Å². The molecule has 1 aromatic rings. The van der Waals surface area contributed by atoms with Crippen LogP contribution in [-0.4, -0.2) is 72.4 Å². The van der Waals surface area contributed by atoms with Crippen molar-refractivity contribution in [1.82, 2.24) is 15.3 Å². The molecule has 174 valence electrons. The number of carbonyl (C=O) groups excluding carboxylic acids is 2. The van der Waals surface area contributed by atoms with Crippen LogP contribution < -0.4 is 5.48 Å². The Labute approximate surface area is 183 Å². The van der Waals surface area contributed by atoms with Gasteiger partial charge in [-0.05, 0) is 57.9 Å². The molecule has 0 aromatic heterocycles. The van der Waals surface area contributed by atoms with Crippen LogP contribution in [0.4, 0.5) is 9.18 Å². The average Bonchev–Trinajstić information content (AvgIpc) is 2.73. The summed E-state index contributed by atoms with van der Waals surface area (Å²) < 4.78 is 24.1. The Morgan fingerprint density at radius 1 is 1.16 bits per heavy atom. The van der Waals surface area contributed by atoms with Gasteiger partial charge in [0.05, 0.1) is 6.10 Å². The lowest BCUT2D eigenvalue weighted by molar-refractivity contribution is -0.135. The van der Waals surface area contributed by atoms with Crippen LogP contribution >= 0.6 is 0 Å². The Bertz CT molecular complexity index is 715. The second-order valence-corrected chi connectivity index (χ2v) is 8.78. The summed E-state index contributed by atoms with van der Waals surface area (Å²) in [6.45, 7) is 8.63. The molecule has 1 aliphatic rings. The lowest BCUT2D eigenvalue weighted by Gasteiger charge is -2.36. The molecule has 2 N–H and O–H groups in total. The lowest BCUT2D eigenvalue weighted by atomic mass is 9.93. The molecule has 0 saturated carbocycles. The number of hydroxylamine groups is 1. The largest absolute Gasteiger partial charge is 0.444 e. The first-order chi connectivity index (χ1) is 14.6. The van der Waals surface area contributed by atoms with Crippen LogP contribution in [0.2, 0.25) is 0 Å². The summed E-state index contributed by atoms with van der Waals surface area (Å²) in [4.78, 5) is 28.3. The summed E-state index contributed by atoms with van der Waals surface area (Å²) in [6, 6.07) is 5.97. The van der Waals surface area contributed by atoms with Gasteiger partial charge in [0.15, 0.2) is 0 Å². The van der Waals surface area contributed by atoms with Gasteiger partial charge < -0.3 is 14.4 Å². The Morgan fingerprint density at radius 3 is 2.29 bits per heavy atom. The molecular weight excluding hydrogens is 405 g/mol. The number of ether oxygens (including phenoxy) is 2. The summed E-state index contributed by atoms with van der Waals surface area (Å²) in [5.41, 5.74) is 1.99. The zero-order valence-corrected chi connectivity index (χ0v) is 18.8. The molecule has 31 heavy (non-hydrogen) atoms. The standard InChI is InChI=1S/C22H34FN3O5/c1-22(2,3)31-21(28)26-13-11-25(12-14-26)10-9-17(20(27)24-29)15-19(30-4)16-5-7-18(23)8-6-16/h5-8,17,19,29H,9-15H2,1-4H3,(H,24,27). The predicted octanol–water partition coefficient (Wildman–Crippen LogP) is 2.97. The Hall–Kier alpha value is -2.23. The fraction of sp³-hybridized carbons (Fsp3) is 0.636. The van der Waals surface area contributed by atoms with Crippen molar-refractivity contribution in [2.45, 2.75) is 45.3 Å². The number of nitrogens with zero attached hydrogens (tertiary/aromatic N) is 2. The van der Waals surface area contributed by atoms with Crippen LogP contribution in [0.1, 0.15) is 45.3 Å². The normalized spacial score (nSPS) is 17.2. The average molecular weight is 440 g/mol. The van der Waals surface area contributed by atoms with E-state index < -0.39 is 23.5 Å². The monoisotopic (exact) mass is 439 g/mol. The first-order valence-electron chi connectivity index (χ1n) is 10.6. The van der Waals surface area contributed by atoms with E-state index in [0.29, 0.717) is 45.6 Å². The second kappa shape index (κ2) is 11.4. The van der Waals surface area contributed by atoms with Gasteiger partial charge in [-0.15, -0.1) is 0 Å². The highest BCUT2D eigenvalue weighted by Crippen LogP contribution is 2.27. The molecule has 0 bridgehead atoms. The van der Waals surface area contributed by atoms with Crippen molar-refractivity contribution in [3.8, 4) is 0 Å². The molecule has 2 amide bonds. The molecule has 8 nitrogen and oxygen atoms in total. The third-order valence-corrected chi connectivity index (χ3v) is 5.32. The van der Waals surface area contributed by atoms with E-state index in [4.69, 9.17) is 14.7 Å². The summed E-state index contributed by atoms with van der Waals surface area (Å²) in [5, 5.41) is 9.16. The molecule has 2 rings (SSSR count). The third kappa shape index (κ3) is 8.08. The van der Waals surface area contributed by atoms with Crippen molar-refractivity contribution in [1.29, 1.82) is 0 Å². The molecule has 1 heterocycles. The van der Waals surface area contributed by atoms with Gasteiger partial charge in [0, 0.05) is 39.2 Å². The number of piperazine rings is 1. The van der Waals surface area contributed by atoms with E-state index in [2.05, 4.69) is 4.90 Å². The van der Waals surface area contributed by atoms with Crippen molar-refractivity contribution in [2.75, 3.05) is 39.8 Å². The van der Waals surface area contributed by atoms with Gasteiger partial charge in [0.1, 0.15) is 11.4 Å². The highest BCUT2D eigenvalue weighted by Gasteiger charge is 2.28. The fourth-order valence-corrected chi connectivity index (χ4v) is 3.57. The number of halogens is 1. The first-order valence-corrected chi connectivity index (χ1v) is 10.6. The molecule has 2 unspecified atom stereocenters. The van der Waals surface area contributed by atoms with Crippen LogP contribution in [0.25, 0.3) is 0 Å². The lowest BCUT2D eigenvalue weighted by Crippen LogP contribution is -2.50. The number of hydrogen-bond donors (Lipinski definition) is 2. The molecular formula is C22H34FN3O5. The molecule has 0 spiro atoms. The minimum atomic E-state index is -0.526. The predicted molar refractivity (Wildman–Crippen MR) is 113 cm³/mol. The van der Waals surface area contributed by atoms with Crippen molar-refractivity contribution < 1.29 is 28.7 Å². The Morgan fingerprint density at radius 2 is 1.77 bits per heavy atom. The molecule has 1 saturated heterocycles. The number of benzene rings is 1. The highest BCUT2D eigenvalue weighted by atomic mass is 19.1. The van der Waals surface area contributed by atoms with E-state index in [1.54, 1.807) is 22.5 Å². The summed E-state index contributed by atoms with van der Waals surface area (Å²) >= 11 is 0. The van der Waals surface area contributed by atoms with Crippen LogP contribution in [0.5, 0.6) is 0 Å². The van der Waals surface area contributed by atoms with Gasteiger partial charge in [0.2, 0.25) is 5.91 Å². The fourth-order valence-electron chi connectivity index (χ4n) is 3.57. The zero-order chi connectivity index (χ0) is 23.0. The van der Waals surface area contributed by atoms with E-state index in [-0.39, 0.29) is 11.9 Å². The number of methoxy groups -OCH3 is 1. The maximum Gasteiger partial charge on any atom is 0.410 e. The number of hydrogen-bond acceptors (Lipinski definition) is 6. The smallest absolute Gasteiger partial charge is 0.410 e. The van der Waals surface area contributed by atoms with Crippen molar-refractivity contribution in [2.24, 2.45) is 5.92 Å². The highest BCUT2D eigenvalue weighted by molar-refractivity contribution is 5.77. The van der Waals surface area contributed by atoms with Gasteiger partial charge in [-0.2, -0.15) is 0 Å². The van der Waals surface area contributed by atoms with Crippen LogP contribution in [-0.2, 0) is 14.3 Å². The number of rotatable bonds is 8. The second-order valence-electron chi connectivity index (χ2n) is 8.78. The molecule has 1 fully saturated rings.